The van der Waals surface area contributed by atoms with Crippen molar-refractivity contribution in [1.29, 1.82) is 0 Å². The van der Waals surface area contributed by atoms with E-state index in [0.29, 0.717) is 29.9 Å². The summed E-state index contributed by atoms with van der Waals surface area (Å²) < 4.78 is 60.3. The Morgan fingerprint density at radius 1 is 1.38 bits per heavy atom. The summed E-state index contributed by atoms with van der Waals surface area (Å²) in [5, 5.41) is 3.86. The van der Waals surface area contributed by atoms with Crippen LogP contribution in [0.15, 0.2) is 12.1 Å². The van der Waals surface area contributed by atoms with Crippen LogP contribution < -0.4 is 15.0 Å². The van der Waals surface area contributed by atoms with Crippen molar-refractivity contribution in [3.63, 3.8) is 0 Å². The highest BCUT2D eigenvalue weighted by Gasteiger charge is 2.46. The summed E-state index contributed by atoms with van der Waals surface area (Å²) in [4.78, 5) is 13.2. The van der Waals surface area contributed by atoms with Crippen LogP contribution in [0.25, 0.3) is 10.1 Å². The van der Waals surface area contributed by atoms with E-state index in [1.54, 1.807) is 0 Å². The van der Waals surface area contributed by atoms with Gasteiger partial charge in [0.2, 0.25) is 0 Å². The molecule has 3 heterocycles. The molecule has 0 bridgehead atoms. The Morgan fingerprint density at radius 3 is 2.81 bits per heavy atom. The molecule has 1 atom stereocenters. The van der Waals surface area contributed by atoms with Crippen LogP contribution in [0.5, 0.6) is 5.75 Å². The van der Waals surface area contributed by atoms with Crippen LogP contribution >= 0.6 is 22.9 Å². The van der Waals surface area contributed by atoms with Gasteiger partial charge in [0.15, 0.2) is 11.6 Å². The van der Waals surface area contributed by atoms with Crippen molar-refractivity contribution in [2.24, 2.45) is 0 Å². The molecule has 2 fully saturated rings. The van der Waals surface area contributed by atoms with Crippen LogP contribution in [-0.4, -0.2) is 37.7 Å². The van der Waals surface area contributed by atoms with Crippen molar-refractivity contribution in [2.75, 3.05) is 24.6 Å². The maximum absolute atomic E-state index is 14.5. The van der Waals surface area contributed by atoms with Crippen LogP contribution in [0, 0.1) is 5.82 Å². The number of alkyl halides is 3. The van der Waals surface area contributed by atoms with Crippen molar-refractivity contribution in [2.45, 2.75) is 18.3 Å². The highest BCUT2D eigenvalue weighted by atomic mass is 35.5. The third-order valence-electron chi connectivity index (χ3n) is 4.40. The van der Waals surface area contributed by atoms with Crippen molar-refractivity contribution in [3.8, 4) is 5.75 Å². The molecule has 1 unspecified atom stereocenters. The molecule has 1 amide bonds. The number of thiophene rings is 1. The zero-order chi connectivity index (χ0) is 18.7. The number of benzene rings is 1. The fourth-order valence-electron chi connectivity index (χ4n) is 3.23. The second-order valence-electron chi connectivity index (χ2n) is 6.18. The lowest BCUT2D eigenvalue weighted by atomic mass is 10.0. The second-order valence-corrected chi connectivity index (χ2v) is 7.55. The van der Waals surface area contributed by atoms with Crippen molar-refractivity contribution >= 4 is 44.1 Å². The van der Waals surface area contributed by atoms with Crippen LogP contribution in [-0.2, 0) is 4.74 Å². The Bertz CT molecular complexity index is 903. The SMILES string of the molecule is O=C1NC2(CCN(c3sc4c(F)c(OC(F)(F)F)ccc4c3Cl)C2)CO1. The van der Waals surface area contributed by atoms with Gasteiger partial charge in [-0.15, -0.1) is 24.5 Å². The molecule has 0 aliphatic carbocycles. The van der Waals surface area contributed by atoms with Crippen molar-refractivity contribution < 1.29 is 31.8 Å². The molecular formula is C15H11ClF4N2O3S. The van der Waals surface area contributed by atoms with Crippen LogP contribution in [0.3, 0.4) is 0 Å². The third kappa shape index (κ3) is 2.90. The lowest BCUT2D eigenvalue weighted by molar-refractivity contribution is -0.275. The molecule has 0 radical (unpaired) electrons. The van der Waals surface area contributed by atoms with E-state index in [9.17, 15) is 22.4 Å². The van der Waals surface area contributed by atoms with E-state index >= 15 is 0 Å². The molecule has 1 N–H and O–H groups in total. The molecule has 1 aromatic carbocycles. The van der Waals surface area contributed by atoms with Gasteiger partial charge in [-0.05, 0) is 18.6 Å². The number of nitrogens with one attached hydrogen (secondary N) is 1. The monoisotopic (exact) mass is 410 g/mol. The van der Waals surface area contributed by atoms with E-state index in [2.05, 4.69) is 10.1 Å². The quantitative estimate of drug-likeness (QED) is 0.751. The lowest BCUT2D eigenvalue weighted by Gasteiger charge is -2.21. The van der Waals surface area contributed by atoms with Gasteiger partial charge in [0.05, 0.1) is 15.3 Å². The number of cyclic esters (lactones) is 1. The summed E-state index contributed by atoms with van der Waals surface area (Å²) in [6.07, 6.45) is -4.86. The fraction of sp³-hybridized carbons (Fsp3) is 0.400. The van der Waals surface area contributed by atoms with E-state index in [1.807, 2.05) is 4.90 Å². The number of amides is 1. The largest absolute Gasteiger partial charge is 0.573 e. The Labute approximate surface area is 153 Å². The predicted octanol–water partition coefficient (Wildman–Crippen LogP) is 4.28. The third-order valence-corrected chi connectivity index (χ3v) is 6.15. The standard InChI is InChI=1S/C15H11ClF4N2O3S/c16-9-7-1-2-8(25-15(18,19)20)10(17)11(7)26-12(9)22-4-3-14(5-22)6-24-13(23)21-14/h1-2H,3-6H2,(H,21,23). The normalized spacial score (nSPS) is 23.0. The minimum absolute atomic E-state index is 0.0144. The maximum atomic E-state index is 14.5. The molecular weight excluding hydrogens is 400 g/mol. The second kappa shape index (κ2) is 5.78. The first-order valence-corrected chi connectivity index (χ1v) is 8.73. The summed E-state index contributed by atoms with van der Waals surface area (Å²) in [6.45, 7) is 1.19. The Balaban J connectivity index is 1.68. The van der Waals surface area contributed by atoms with Crippen LogP contribution in [0.4, 0.5) is 27.4 Å². The molecule has 4 rings (SSSR count). The number of nitrogens with zero attached hydrogens (tertiary/aromatic N) is 1. The van der Waals surface area contributed by atoms with Crippen molar-refractivity contribution in [3.05, 3.63) is 23.0 Å². The van der Waals surface area contributed by atoms with Gasteiger partial charge in [-0.3, -0.25) is 0 Å². The van der Waals surface area contributed by atoms with E-state index < -0.39 is 29.6 Å². The highest BCUT2D eigenvalue weighted by molar-refractivity contribution is 7.23. The smallest absolute Gasteiger partial charge is 0.447 e. The molecule has 2 saturated heterocycles. The van der Waals surface area contributed by atoms with E-state index in [4.69, 9.17) is 16.3 Å². The summed E-state index contributed by atoms with van der Waals surface area (Å²) >= 11 is 7.29. The number of halogens is 5. The van der Waals surface area contributed by atoms with Crippen molar-refractivity contribution in [1.82, 2.24) is 5.32 Å². The van der Waals surface area contributed by atoms with Crippen LogP contribution in [0.2, 0.25) is 5.02 Å². The average molecular weight is 411 g/mol. The Morgan fingerprint density at radius 2 is 2.15 bits per heavy atom. The van der Waals surface area contributed by atoms with Gasteiger partial charge in [-0.2, -0.15) is 0 Å². The highest BCUT2D eigenvalue weighted by Crippen LogP contribution is 2.47. The maximum Gasteiger partial charge on any atom is 0.573 e. The molecule has 11 heteroatoms. The molecule has 5 nitrogen and oxygen atoms in total. The minimum atomic E-state index is -4.99. The van der Waals surface area contributed by atoms with Crippen LogP contribution in [0.1, 0.15) is 6.42 Å². The number of hydrogen-bond donors (Lipinski definition) is 1. The van der Waals surface area contributed by atoms with Gasteiger partial charge in [0.25, 0.3) is 0 Å². The molecule has 1 aromatic heterocycles. The van der Waals surface area contributed by atoms with E-state index in [-0.39, 0.29) is 16.3 Å². The number of carbonyl (C=O) groups is 1. The minimum Gasteiger partial charge on any atom is -0.447 e. The van der Waals surface area contributed by atoms with E-state index in [1.165, 1.54) is 6.07 Å². The van der Waals surface area contributed by atoms with Gasteiger partial charge in [-0.1, -0.05) is 11.6 Å². The first-order chi connectivity index (χ1) is 12.2. The Hall–Kier alpha value is -1.94. The zero-order valence-corrected chi connectivity index (χ0v) is 14.5. The molecule has 2 aliphatic heterocycles. The van der Waals surface area contributed by atoms with Gasteiger partial charge >= 0.3 is 12.5 Å². The predicted molar refractivity (Wildman–Crippen MR) is 87.5 cm³/mol. The summed E-state index contributed by atoms with van der Waals surface area (Å²) in [6, 6.07) is 2.21. The topological polar surface area (TPSA) is 50.8 Å². The summed E-state index contributed by atoms with van der Waals surface area (Å²) in [5.74, 6) is -2.01. The van der Waals surface area contributed by atoms with Gasteiger partial charge in [-0.25, -0.2) is 9.18 Å². The van der Waals surface area contributed by atoms with E-state index in [0.717, 1.165) is 17.4 Å². The van der Waals surface area contributed by atoms with Gasteiger partial charge in [0, 0.05) is 18.5 Å². The number of hydrogen-bond acceptors (Lipinski definition) is 5. The summed E-state index contributed by atoms with van der Waals surface area (Å²) in [5.41, 5.74) is -0.528. The molecule has 0 saturated carbocycles. The number of anilines is 1. The summed E-state index contributed by atoms with van der Waals surface area (Å²) in [7, 11) is 0. The number of fused-ring (bicyclic) bond motifs is 1. The molecule has 1 spiro atoms. The average Bonchev–Trinajstić information content (AvgIpc) is 3.21. The molecule has 140 valence electrons. The number of alkyl carbamates (subject to hydrolysis) is 1. The Kier molecular flexibility index (Phi) is 3.88. The first kappa shape index (κ1) is 17.5. The molecule has 2 aliphatic rings. The number of rotatable bonds is 2. The van der Waals surface area contributed by atoms with Gasteiger partial charge in [0.1, 0.15) is 11.6 Å². The molecule has 2 aromatic rings. The number of ether oxygens (including phenoxy) is 2. The molecule has 26 heavy (non-hydrogen) atoms. The zero-order valence-electron chi connectivity index (χ0n) is 13.0. The lowest BCUT2D eigenvalue weighted by Crippen LogP contribution is -2.45. The van der Waals surface area contributed by atoms with Gasteiger partial charge < -0.3 is 19.7 Å². The first-order valence-electron chi connectivity index (χ1n) is 7.54. The fourth-order valence-corrected chi connectivity index (χ4v) is 4.83. The number of carbonyl (C=O) groups excluding carboxylic acids is 1.